The van der Waals surface area contributed by atoms with Crippen molar-refractivity contribution in [2.75, 3.05) is 26.2 Å². The maximum absolute atomic E-state index is 13.2. The molecule has 0 aliphatic carbocycles. The van der Waals surface area contributed by atoms with Gasteiger partial charge in [0, 0.05) is 26.2 Å². The van der Waals surface area contributed by atoms with Crippen molar-refractivity contribution >= 4 is 27.6 Å². The molecule has 1 aliphatic heterocycles. The predicted molar refractivity (Wildman–Crippen MR) is 123 cm³/mol. The topological polar surface area (TPSA) is 77.9 Å². The Balaban J connectivity index is 0.00000306. The van der Waals surface area contributed by atoms with E-state index in [1.54, 1.807) is 0 Å². The highest BCUT2D eigenvalue weighted by Crippen LogP contribution is 2.31. The lowest BCUT2D eigenvalue weighted by Crippen LogP contribution is -3.00. The molecule has 3 aromatic carbocycles. The number of carboxylic acids is 1. The highest BCUT2D eigenvalue weighted by Gasteiger charge is 2.32. The molecule has 4 rings (SSSR count). The number of halogens is 2. The number of hydrogen-bond donors (Lipinski definition) is 1. The molecule has 1 saturated heterocycles. The SMILES string of the molecule is O=C(O)c1cc(S(=O)(=O)N2CCN(C(c3ccccc3)c3ccccc3)CC2)ccc1Cl.[Cl-]. The lowest BCUT2D eigenvalue weighted by atomic mass is 9.96. The van der Waals surface area contributed by atoms with Crippen LogP contribution in [0.3, 0.4) is 0 Å². The molecule has 0 spiro atoms. The third-order valence-electron chi connectivity index (χ3n) is 5.68. The summed E-state index contributed by atoms with van der Waals surface area (Å²) in [7, 11) is -3.83. The summed E-state index contributed by atoms with van der Waals surface area (Å²) in [6.07, 6.45) is 0. The first kappa shape index (κ1) is 25.2. The molecule has 1 fully saturated rings. The molecule has 174 valence electrons. The van der Waals surface area contributed by atoms with Gasteiger partial charge in [-0.2, -0.15) is 4.31 Å². The number of rotatable bonds is 6. The molecule has 3 aromatic rings. The standard InChI is InChI=1S/C24H23ClN2O4S.ClH/c25-22-12-11-20(17-21(22)24(28)29)32(30,31)27-15-13-26(14-16-27)23(18-7-3-1-4-8-18)19-9-5-2-6-10-19;/h1-12,17,23H,13-16H2,(H,28,29);1H/p-1. The molecule has 6 nitrogen and oxygen atoms in total. The van der Waals surface area contributed by atoms with Crippen LogP contribution in [0.4, 0.5) is 0 Å². The first-order valence-corrected chi connectivity index (χ1v) is 12.1. The molecule has 0 amide bonds. The third kappa shape index (κ3) is 5.39. The first-order chi connectivity index (χ1) is 15.4. The number of aromatic carboxylic acids is 1. The van der Waals surface area contributed by atoms with E-state index in [1.807, 2.05) is 36.4 Å². The van der Waals surface area contributed by atoms with Gasteiger partial charge in [0.25, 0.3) is 0 Å². The summed E-state index contributed by atoms with van der Waals surface area (Å²) < 4.78 is 27.7. The van der Waals surface area contributed by atoms with Crippen LogP contribution in [0.1, 0.15) is 27.5 Å². The van der Waals surface area contributed by atoms with E-state index in [0.717, 1.165) is 17.2 Å². The minimum atomic E-state index is -3.83. The number of carboxylic acid groups (broad SMARTS) is 1. The fourth-order valence-corrected chi connectivity index (χ4v) is 5.71. The predicted octanol–water partition coefficient (Wildman–Crippen LogP) is 1.14. The van der Waals surface area contributed by atoms with Crippen molar-refractivity contribution in [3.63, 3.8) is 0 Å². The molecule has 0 radical (unpaired) electrons. The zero-order chi connectivity index (χ0) is 22.7. The van der Waals surface area contributed by atoms with Crippen LogP contribution >= 0.6 is 11.6 Å². The number of hydrogen-bond acceptors (Lipinski definition) is 4. The van der Waals surface area contributed by atoms with E-state index in [0.29, 0.717) is 26.2 Å². The molecule has 1 aliphatic rings. The quantitative estimate of drug-likeness (QED) is 0.543. The minimum absolute atomic E-state index is 0. The molecule has 0 unspecified atom stereocenters. The molecule has 1 N–H and O–H groups in total. The lowest BCUT2D eigenvalue weighted by Gasteiger charge is -2.39. The molecular weight excluding hydrogens is 483 g/mol. The van der Waals surface area contributed by atoms with Gasteiger partial charge >= 0.3 is 5.97 Å². The number of sulfonamides is 1. The number of benzene rings is 3. The Kier molecular flexibility index (Phi) is 8.15. The maximum atomic E-state index is 13.2. The molecule has 33 heavy (non-hydrogen) atoms. The number of carbonyl (C=O) groups is 1. The van der Waals surface area contributed by atoms with Crippen LogP contribution in [0, 0.1) is 0 Å². The van der Waals surface area contributed by atoms with E-state index in [-0.39, 0.29) is 33.9 Å². The molecular formula is C24H23Cl2N2O4S-. The highest BCUT2D eigenvalue weighted by molar-refractivity contribution is 7.89. The van der Waals surface area contributed by atoms with Crippen LogP contribution in [-0.4, -0.2) is 54.9 Å². The van der Waals surface area contributed by atoms with Crippen molar-refractivity contribution < 1.29 is 30.7 Å². The van der Waals surface area contributed by atoms with Gasteiger partial charge < -0.3 is 17.5 Å². The monoisotopic (exact) mass is 505 g/mol. The van der Waals surface area contributed by atoms with Gasteiger partial charge in [0.1, 0.15) is 0 Å². The van der Waals surface area contributed by atoms with Gasteiger partial charge in [-0.3, -0.25) is 4.90 Å². The maximum Gasteiger partial charge on any atom is 0.337 e. The van der Waals surface area contributed by atoms with E-state index in [2.05, 4.69) is 29.2 Å². The van der Waals surface area contributed by atoms with E-state index in [4.69, 9.17) is 11.6 Å². The Hall–Kier alpha value is -2.42. The van der Waals surface area contributed by atoms with Crippen molar-refractivity contribution in [2.24, 2.45) is 0 Å². The summed E-state index contributed by atoms with van der Waals surface area (Å²) in [5.41, 5.74) is 2.08. The highest BCUT2D eigenvalue weighted by atomic mass is 35.5. The van der Waals surface area contributed by atoms with E-state index in [1.165, 1.54) is 16.4 Å². The average Bonchev–Trinajstić information content (AvgIpc) is 2.81. The van der Waals surface area contributed by atoms with Gasteiger partial charge in [-0.05, 0) is 29.3 Å². The van der Waals surface area contributed by atoms with Gasteiger partial charge in [0.2, 0.25) is 10.0 Å². The van der Waals surface area contributed by atoms with Gasteiger partial charge in [0.15, 0.2) is 0 Å². The van der Waals surface area contributed by atoms with Crippen molar-refractivity contribution in [1.29, 1.82) is 0 Å². The molecule has 0 aromatic heterocycles. The second-order valence-corrected chi connectivity index (χ2v) is 9.96. The fourth-order valence-electron chi connectivity index (χ4n) is 4.06. The Morgan fingerprint density at radius 3 is 1.85 bits per heavy atom. The van der Waals surface area contributed by atoms with Gasteiger partial charge in [-0.25, -0.2) is 13.2 Å². The number of nitrogens with zero attached hydrogens (tertiary/aromatic N) is 2. The zero-order valence-corrected chi connectivity index (χ0v) is 20.0. The summed E-state index contributed by atoms with van der Waals surface area (Å²) in [6.45, 7) is 1.72. The first-order valence-electron chi connectivity index (χ1n) is 10.2. The van der Waals surface area contributed by atoms with Crippen LogP contribution in [0.5, 0.6) is 0 Å². The normalized spacial score (nSPS) is 15.2. The summed E-state index contributed by atoms with van der Waals surface area (Å²) in [4.78, 5) is 13.6. The Labute approximate surface area is 204 Å². The smallest absolute Gasteiger partial charge is 0.337 e. The molecule has 1 heterocycles. The van der Waals surface area contributed by atoms with Gasteiger partial charge in [-0.1, -0.05) is 72.3 Å². The van der Waals surface area contributed by atoms with E-state index in [9.17, 15) is 18.3 Å². The van der Waals surface area contributed by atoms with Crippen LogP contribution in [0.2, 0.25) is 5.02 Å². The summed E-state index contributed by atoms with van der Waals surface area (Å²) in [6, 6.07) is 24.1. The number of piperazine rings is 1. The summed E-state index contributed by atoms with van der Waals surface area (Å²) in [5.74, 6) is -1.26. The second-order valence-electron chi connectivity index (χ2n) is 7.61. The van der Waals surface area contributed by atoms with Crippen LogP contribution < -0.4 is 12.4 Å². The Morgan fingerprint density at radius 2 is 1.36 bits per heavy atom. The van der Waals surface area contributed by atoms with Crippen molar-refractivity contribution in [2.45, 2.75) is 10.9 Å². The molecule has 0 atom stereocenters. The third-order valence-corrected chi connectivity index (χ3v) is 7.90. The van der Waals surface area contributed by atoms with Crippen molar-refractivity contribution in [3.05, 3.63) is 101 Å². The average molecular weight is 506 g/mol. The second kappa shape index (κ2) is 10.7. The van der Waals surface area contributed by atoms with Crippen LogP contribution in [0.25, 0.3) is 0 Å². The molecule has 0 bridgehead atoms. The van der Waals surface area contributed by atoms with E-state index >= 15 is 0 Å². The Bertz CT molecular complexity index is 1160. The van der Waals surface area contributed by atoms with Crippen molar-refractivity contribution in [3.8, 4) is 0 Å². The van der Waals surface area contributed by atoms with Gasteiger partial charge in [0.05, 0.1) is 21.5 Å². The minimum Gasteiger partial charge on any atom is -1.00 e. The molecule has 0 saturated carbocycles. The van der Waals surface area contributed by atoms with Crippen molar-refractivity contribution in [1.82, 2.24) is 9.21 Å². The zero-order valence-electron chi connectivity index (χ0n) is 17.6. The van der Waals surface area contributed by atoms with Crippen LogP contribution in [0.15, 0.2) is 83.8 Å². The Morgan fingerprint density at radius 1 is 0.848 bits per heavy atom. The van der Waals surface area contributed by atoms with Gasteiger partial charge in [-0.15, -0.1) is 0 Å². The summed E-state index contributed by atoms with van der Waals surface area (Å²) >= 11 is 5.90. The largest absolute Gasteiger partial charge is 1.00 e. The van der Waals surface area contributed by atoms with Crippen LogP contribution in [-0.2, 0) is 10.0 Å². The summed E-state index contributed by atoms with van der Waals surface area (Å²) in [5, 5.41) is 9.29. The van der Waals surface area contributed by atoms with E-state index < -0.39 is 16.0 Å². The fraction of sp³-hybridized carbons (Fsp3) is 0.208. The lowest BCUT2D eigenvalue weighted by molar-refractivity contribution is -0.0000244. The molecule has 9 heteroatoms.